The van der Waals surface area contributed by atoms with E-state index in [0.29, 0.717) is 23.3 Å². The average Bonchev–Trinajstić information content (AvgIpc) is 3.09. The Bertz CT molecular complexity index is 1120. The maximum Gasteiger partial charge on any atom is 0.195 e. The van der Waals surface area contributed by atoms with Crippen molar-refractivity contribution < 1.29 is 9.53 Å². The third-order valence-electron chi connectivity index (χ3n) is 5.49. The van der Waals surface area contributed by atoms with Crippen molar-refractivity contribution in [2.75, 3.05) is 19.7 Å². The Balaban J connectivity index is 1.79. The lowest BCUT2D eigenvalue weighted by Gasteiger charge is -2.32. The van der Waals surface area contributed by atoms with Gasteiger partial charge in [-0.05, 0) is 42.4 Å². The molecule has 0 fully saturated rings. The lowest BCUT2D eigenvalue weighted by atomic mass is 9.71. The molecule has 28 heavy (non-hydrogen) atoms. The predicted molar refractivity (Wildman–Crippen MR) is 109 cm³/mol. The van der Waals surface area contributed by atoms with Gasteiger partial charge in [-0.3, -0.25) is 4.79 Å². The Morgan fingerprint density at radius 2 is 2.04 bits per heavy atom. The summed E-state index contributed by atoms with van der Waals surface area (Å²) in [6, 6.07) is 13.3. The van der Waals surface area contributed by atoms with E-state index in [1.807, 2.05) is 24.3 Å². The highest BCUT2D eigenvalue weighted by atomic mass is 16.5. The van der Waals surface area contributed by atoms with E-state index in [4.69, 9.17) is 4.74 Å². The molecule has 0 saturated heterocycles. The van der Waals surface area contributed by atoms with Crippen LogP contribution < -0.4 is 10.1 Å². The lowest BCUT2D eigenvalue weighted by Crippen LogP contribution is -2.30. The number of nitriles is 1. The minimum Gasteiger partial charge on any atom is -0.492 e. The molecule has 0 radical (unpaired) electrons. The molecule has 0 aliphatic heterocycles. The number of H-pyrrole nitrogens is 1. The van der Waals surface area contributed by atoms with Gasteiger partial charge < -0.3 is 15.0 Å². The molecular weight excluding hydrogens is 350 g/mol. The largest absolute Gasteiger partial charge is 0.492 e. The molecule has 5 heteroatoms. The third-order valence-corrected chi connectivity index (χ3v) is 5.49. The van der Waals surface area contributed by atoms with Crippen molar-refractivity contribution >= 4 is 16.7 Å². The minimum absolute atomic E-state index is 0.0134. The third kappa shape index (κ3) is 2.78. The molecule has 0 spiro atoms. The number of ketones is 1. The fourth-order valence-corrected chi connectivity index (χ4v) is 3.99. The zero-order valence-electron chi connectivity index (χ0n) is 16.3. The highest BCUT2D eigenvalue weighted by molar-refractivity contribution is 6.20. The second-order valence-corrected chi connectivity index (χ2v) is 7.61. The molecule has 0 amide bonds. The van der Waals surface area contributed by atoms with Gasteiger partial charge in [0.1, 0.15) is 12.4 Å². The number of nitrogens with zero attached hydrogens (tertiary/aromatic N) is 1. The fourth-order valence-electron chi connectivity index (χ4n) is 3.99. The first kappa shape index (κ1) is 18.3. The van der Waals surface area contributed by atoms with Crippen LogP contribution in [-0.2, 0) is 5.41 Å². The molecule has 1 aliphatic carbocycles. The Labute approximate surface area is 164 Å². The number of benzene rings is 2. The molecule has 5 nitrogen and oxygen atoms in total. The number of likely N-dealkylation sites (N-methyl/N-ethyl adjacent to an activating group) is 1. The van der Waals surface area contributed by atoms with Crippen molar-refractivity contribution in [2.45, 2.75) is 26.2 Å². The van der Waals surface area contributed by atoms with Gasteiger partial charge in [0.15, 0.2) is 5.78 Å². The zero-order valence-corrected chi connectivity index (χ0v) is 16.3. The van der Waals surface area contributed by atoms with Gasteiger partial charge in [-0.15, -0.1) is 0 Å². The van der Waals surface area contributed by atoms with Crippen LogP contribution in [0.5, 0.6) is 5.75 Å². The summed E-state index contributed by atoms with van der Waals surface area (Å²) >= 11 is 0. The van der Waals surface area contributed by atoms with Crippen molar-refractivity contribution in [3.05, 3.63) is 64.3 Å². The second kappa shape index (κ2) is 6.81. The summed E-state index contributed by atoms with van der Waals surface area (Å²) < 4.78 is 5.86. The van der Waals surface area contributed by atoms with Gasteiger partial charge in [-0.2, -0.15) is 5.26 Å². The van der Waals surface area contributed by atoms with Gasteiger partial charge in [0.2, 0.25) is 0 Å². The molecule has 3 aromatic rings. The first-order valence-electron chi connectivity index (χ1n) is 9.56. The number of carbonyl (C=O) groups excluding carboxylic acids is 1. The van der Waals surface area contributed by atoms with Crippen molar-refractivity contribution in [3.63, 3.8) is 0 Å². The standard InChI is InChI=1S/C23H23N3O2/c1-4-25-9-10-28-15-6-8-16-18(12-15)23(2,3)22-20(21(16)27)17-7-5-14(13-24)11-19(17)26-22/h5-8,11-12,25-26H,4,9-10H2,1-3H3. The summed E-state index contributed by atoms with van der Waals surface area (Å²) in [5.41, 5.74) is 4.27. The van der Waals surface area contributed by atoms with Gasteiger partial charge in [-0.1, -0.05) is 26.8 Å². The number of nitrogens with one attached hydrogen (secondary N) is 2. The Morgan fingerprint density at radius 1 is 1.21 bits per heavy atom. The molecule has 4 rings (SSSR count). The Hall–Kier alpha value is -3.10. The number of aromatic amines is 1. The van der Waals surface area contributed by atoms with E-state index in [-0.39, 0.29) is 11.2 Å². The van der Waals surface area contributed by atoms with Crippen molar-refractivity contribution in [1.82, 2.24) is 10.3 Å². The van der Waals surface area contributed by atoms with E-state index in [2.05, 4.69) is 37.1 Å². The van der Waals surface area contributed by atoms with Crippen molar-refractivity contribution in [2.24, 2.45) is 0 Å². The van der Waals surface area contributed by atoms with Gasteiger partial charge in [-0.25, -0.2) is 0 Å². The lowest BCUT2D eigenvalue weighted by molar-refractivity contribution is 0.103. The number of hydrogen-bond acceptors (Lipinski definition) is 4. The van der Waals surface area contributed by atoms with Crippen LogP contribution in [0.2, 0.25) is 0 Å². The van der Waals surface area contributed by atoms with Gasteiger partial charge >= 0.3 is 0 Å². The quantitative estimate of drug-likeness (QED) is 0.665. The predicted octanol–water partition coefficient (Wildman–Crippen LogP) is 3.90. The van der Waals surface area contributed by atoms with E-state index in [9.17, 15) is 10.1 Å². The number of carbonyl (C=O) groups is 1. The van der Waals surface area contributed by atoms with Crippen LogP contribution in [0.4, 0.5) is 0 Å². The van der Waals surface area contributed by atoms with Crippen LogP contribution in [0.3, 0.4) is 0 Å². The molecule has 2 N–H and O–H groups in total. The zero-order chi connectivity index (χ0) is 19.9. The first-order chi connectivity index (χ1) is 13.5. The molecule has 0 saturated carbocycles. The highest BCUT2D eigenvalue weighted by Crippen LogP contribution is 2.44. The fraction of sp³-hybridized carbons (Fsp3) is 0.304. The van der Waals surface area contributed by atoms with Gasteiger partial charge in [0.25, 0.3) is 0 Å². The molecule has 0 unspecified atom stereocenters. The van der Waals surface area contributed by atoms with E-state index >= 15 is 0 Å². The summed E-state index contributed by atoms with van der Waals surface area (Å²) in [6.07, 6.45) is 0. The number of aromatic nitrogens is 1. The van der Waals surface area contributed by atoms with E-state index in [0.717, 1.165) is 41.0 Å². The summed E-state index contributed by atoms with van der Waals surface area (Å²) in [5, 5.41) is 13.3. The van der Waals surface area contributed by atoms with Crippen molar-refractivity contribution in [3.8, 4) is 11.8 Å². The number of hydrogen-bond donors (Lipinski definition) is 2. The maximum absolute atomic E-state index is 13.3. The summed E-state index contributed by atoms with van der Waals surface area (Å²) in [7, 11) is 0. The maximum atomic E-state index is 13.3. The number of ether oxygens (including phenoxy) is 1. The first-order valence-corrected chi connectivity index (χ1v) is 9.56. The second-order valence-electron chi connectivity index (χ2n) is 7.61. The highest BCUT2D eigenvalue weighted by Gasteiger charge is 2.39. The summed E-state index contributed by atoms with van der Waals surface area (Å²) in [6.45, 7) is 8.55. The molecule has 1 aromatic heterocycles. The van der Waals surface area contributed by atoms with Crippen LogP contribution in [0, 0.1) is 11.3 Å². The van der Waals surface area contributed by atoms with Gasteiger partial charge in [0.05, 0.1) is 17.2 Å². The molecule has 142 valence electrons. The smallest absolute Gasteiger partial charge is 0.195 e. The summed E-state index contributed by atoms with van der Waals surface area (Å²) in [5.74, 6) is 0.781. The van der Waals surface area contributed by atoms with Crippen LogP contribution >= 0.6 is 0 Å². The van der Waals surface area contributed by atoms with Crippen molar-refractivity contribution in [1.29, 1.82) is 5.26 Å². The number of fused-ring (bicyclic) bond motifs is 4. The van der Waals surface area contributed by atoms with E-state index in [1.54, 1.807) is 12.1 Å². The summed E-state index contributed by atoms with van der Waals surface area (Å²) in [4.78, 5) is 16.7. The molecule has 1 heterocycles. The van der Waals surface area contributed by atoms with Crippen LogP contribution in [-0.4, -0.2) is 30.5 Å². The van der Waals surface area contributed by atoms with Crippen LogP contribution in [0.25, 0.3) is 10.9 Å². The Kier molecular flexibility index (Phi) is 4.44. The molecule has 0 bridgehead atoms. The normalized spacial score (nSPS) is 14.4. The SMILES string of the molecule is CCNCCOc1ccc2c(c1)C(C)(C)c1[nH]c3cc(C#N)ccc3c1C2=O. The molecule has 0 atom stereocenters. The van der Waals surface area contributed by atoms with E-state index in [1.165, 1.54) is 0 Å². The molecule has 1 aliphatic rings. The van der Waals surface area contributed by atoms with E-state index < -0.39 is 0 Å². The number of rotatable bonds is 5. The molecular formula is C23H23N3O2. The molecule has 2 aromatic carbocycles. The minimum atomic E-state index is -0.383. The van der Waals surface area contributed by atoms with Crippen LogP contribution in [0.1, 0.15) is 53.5 Å². The Morgan fingerprint density at radius 3 is 2.79 bits per heavy atom. The average molecular weight is 373 g/mol. The van der Waals surface area contributed by atoms with Gasteiger partial charge in [0, 0.05) is 34.1 Å². The topological polar surface area (TPSA) is 77.9 Å². The monoisotopic (exact) mass is 373 g/mol. The van der Waals surface area contributed by atoms with Crippen LogP contribution in [0.15, 0.2) is 36.4 Å².